The van der Waals surface area contributed by atoms with Crippen molar-refractivity contribution in [1.82, 2.24) is 14.6 Å². The van der Waals surface area contributed by atoms with Crippen LogP contribution in [-0.2, 0) is 9.47 Å². The molecule has 1 aliphatic heterocycles. The summed E-state index contributed by atoms with van der Waals surface area (Å²) >= 11 is 5.98. The van der Waals surface area contributed by atoms with E-state index in [1.807, 2.05) is 0 Å². The van der Waals surface area contributed by atoms with E-state index in [-0.39, 0.29) is 11.3 Å². The first-order valence-corrected chi connectivity index (χ1v) is 7.12. The van der Waals surface area contributed by atoms with Crippen LogP contribution in [0, 0.1) is 0 Å². The molecule has 112 valence electrons. The van der Waals surface area contributed by atoms with Gasteiger partial charge >= 0.3 is 5.97 Å². The predicted molar refractivity (Wildman–Crippen MR) is 77.0 cm³/mol. The minimum Gasteiger partial charge on any atom is -0.462 e. The summed E-state index contributed by atoms with van der Waals surface area (Å²) in [6, 6.07) is 1.72. The van der Waals surface area contributed by atoms with Gasteiger partial charge < -0.3 is 14.4 Å². The summed E-state index contributed by atoms with van der Waals surface area (Å²) < 4.78 is 11.9. The molecule has 7 nitrogen and oxygen atoms in total. The molecular formula is C13H15ClN4O3. The lowest BCUT2D eigenvalue weighted by Gasteiger charge is -2.28. The van der Waals surface area contributed by atoms with Gasteiger partial charge in [-0.2, -0.15) is 4.98 Å². The number of nitrogens with zero attached hydrogens (tertiary/aromatic N) is 4. The highest BCUT2D eigenvalue weighted by atomic mass is 35.5. The second-order valence-electron chi connectivity index (χ2n) is 4.58. The average molecular weight is 311 g/mol. The third-order valence-electron chi connectivity index (χ3n) is 3.24. The maximum atomic E-state index is 11.8. The molecule has 0 unspecified atom stereocenters. The highest BCUT2D eigenvalue weighted by molar-refractivity contribution is 6.28. The number of esters is 1. The largest absolute Gasteiger partial charge is 0.462 e. The van der Waals surface area contributed by atoms with Crippen LogP contribution >= 0.6 is 11.6 Å². The summed E-state index contributed by atoms with van der Waals surface area (Å²) in [5.41, 5.74) is 1.16. The standard InChI is InChI=1S/C13H15ClN4O3/c1-2-21-12(19)9-7-10-11(17-3-5-20-6-4-17)15-13(14)16-18(10)8-9/h7-8H,2-6H2,1H3. The molecule has 21 heavy (non-hydrogen) atoms. The van der Waals surface area contributed by atoms with Crippen LogP contribution in [0.2, 0.25) is 5.28 Å². The van der Waals surface area contributed by atoms with E-state index in [0.29, 0.717) is 31.2 Å². The molecule has 1 saturated heterocycles. The first-order chi connectivity index (χ1) is 10.2. The van der Waals surface area contributed by atoms with Crippen molar-refractivity contribution in [3.8, 4) is 0 Å². The lowest BCUT2D eigenvalue weighted by Crippen LogP contribution is -2.37. The van der Waals surface area contributed by atoms with Crippen molar-refractivity contribution in [3.63, 3.8) is 0 Å². The number of ether oxygens (including phenoxy) is 2. The lowest BCUT2D eigenvalue weighted by molar-refractivity contribution is 0.0526. The minimum atomic E-state index is -0.382. The van der Waals surface area contributed by atoms with Crippen molar-refractivity contribution in [2.75, 3.05) is 37.8 Å². The predicted octanol–water partition coefficient (Wildman–Crippen LogP) is 1.40. The zero-order valence-electron chi connectivity index (χ0n) is 11.6. The summed E-state index contributed by atoms with van der Waals surface area (Å²) in [7, 11) is 0. The van der Waals surface area contributed by atoms with Gasteiger partial charge in [0.15, 0.2) is 5.82 Å². The first kappa shape index (κ1) is 14.1. The summed E-state index contributed by atoms with van der Waals surface area (Å²) in [6.07, 6.45) is 1.60. The van der Waals surface area contributed by atoms with E-state index in [4.69, 9.17) is 21.1 Å². The van der Waals surface area contributed by atoms with Gasteiger partial charge in [-0.05, 0) is 24.6 Å². The molecule has 0 atom stereocenters. The van der Waals surface area contributed by atoms with Crippen LogP contribution in [0.15, 0.2) is 12.3 Å². The van der Waals surface area contributed by atoms with Crippen molar-refractivity contribution in [1.29, 1.82) is 0 Å². The number of rotatable bonds is 3. The number of fused-ring (bicyclic) bond motifs is 1. The second-order valence-corrected chi connectivity index (χ2v) is 4.92. The van der Waals surface area contributed by atoms with E-state index < -0.39 is 0 Å². The molecule has 1 aliphatic rings. The number of anilines is 1. The van der Waals surface area contributed by atoms with Crippen LogP contribution in [0.5, 0.6) is 0 Å². The number of carbonyl (C=O) groups is 1. The Hall–Kier alpha value is -1.86. The van der Waals surface area contributed by atoms with Crippen LogP contribution in [0.25, 0.3) is 5.52 Å². The molecule has 0 aromatic carbocycles. The minimum absolute atomic E-state index is 0.134. The molecule has 3 heterocycles. The Morgan fingerprint density at radius 1 is 1.48 bits per heavy atom. The number of halogens is 1. The topological polar surface area (TPSA) is 69.0 Å². The fourth-order valence-electron chi connectivity index (χ4n) is 2.29. The first-order valence-electron chi connectivity index (χ1n) is 6.75. The molecular weight excluding hydrogens is 296 g/mol. The van der Waals surface area contributed by atoms with Crippen molar-refractivity contribution in [2.24, 2.45) is 0 Å². The third kappa shape index (κ3) is 2.79. The van der Waals surface area contributed by atoms with Gasteiger partial charge in [0.05, 0.1) is 25.4 Å². The van der Waals surface area contributed by atoms with E-state index in [0.717, 1.165) is 18.6 Å². The van der Waals surface area contributed by atoms with Crippen LogP contribution in [-0.4, -0.2) is 53.5 Å². The Morgan fingerprint density at radius 3 is 2.95 bits per heavy atom. The molecule has 0 aliphatic carbocycles. The van der Waals surface area contributed by atoms with E-state index >= 15 is 0 Å². The van der Waals surface area contributed by atoms with Gasteiger partial charge in [-0.3, -0.25) is 0 Å². The smallest absolute Gasteiger partial charge is 0.339 e. The normalized spacial score (nSPS) is 15.4. The Labute approximate surface area is 126 Å². The Kier molecular flexibility index (Phi) is 3.94. The molecule has 0 bridgehead atoms. The van der Waals surface area contributed by atoms with Crippen LogP contribution in [0.4, 0.5) is 5.82 Å². The molecule has 2 aromatic heterocycles. The zero-order valence-corrected chi connectivity index (χ0v) is 12.3. The van der Waals surface area contributed by atoms with Crippen molar-refractivity contribution in [2.45, 2.75) is 6.92 Å². The molecule has 2 aromatic rings. The van der Waals surface area contributed by atoms with E-state index in [1.54, 1.807) is 23.7 Å². The average Bonchev–Trinajstić information content (AvgIpc) is 2.91. The zero-order chi connectivity index (χ0) is 14.8. The highest BCUT2D eigenvalue weighted by Crippen LogP contribution is 2.23. The number of morpholine rings is 1. The van der Waals surface area contributed by atoms with Gasteiger partial charge in [-0.15, -0.1) is 5.10 Å². The molecule has 3 rings (SSSR count). The highest BCUT2D eigenvalue weighted by Gasteiger charge is 2.20. The van der Waals surface area contributed by atoms with Gasteiger partial charge in [-0.25, -0.2) is 9.31 Å². The number of hydrogen-bond donors (Lipinski definition) is 0. The second kappa shape index (κ2) is 5.87. The molecule has 0 radical (unpaired) electrons. The fraction of sp³-hybridized carbons (Fsp3) is 0.462. The van der Waals surface area contributed by atoms with E-state index in [9.17, 15) is 4.79 Å². The van der Waals surface area contributed by atoms with E-state index in [1.165, 1.54) is 0 Å². The van der Waals surface area contributed by atoms with E-state index in [2.05, 4.69) is 15.0 Å². The number of carbonyl (C=O) groups excluding carboxylic acids is 1. The van der Waals surface area contributed by atoms with Crippen LogP contribution in [0.1, 0.15) is 17.3 Å². The maximum Gasteiger partial charge on any atom is 0.339 e. The van der Waals surface area contributed by atoms with Gasteiger partial charge in [0, 0.05) is 19.3 Å². The van der Waals surface area contributed by atoms with Gasteiger partial charge in [0.2, 0.25) is 5.28 Å². The lowest BCUT2D eigenvalue weighted by atomic mass is 10.3. The molecule has 8 heteroatoms. The van der Waals surface area contributed by atoms with Gasteiger partial charge in [-0.1, -0.05) is 0 Å². The molecule has 0 spiro atoms. The van der Waals surface area contributed by atoms with Crippen molar-refractivity contribution < 1.29 is 14.3 Å². The Balaban J connectivity index is 2.04. The summed E-state index contributed by atoms with van der Waals surface area (Å²) in [5, 5.41) is 4.23. The molecule has 0 N–H and O–H groups in total. The molecule has 1 fully saturated rings. The van der Waals surface area contributed by atoms with Crippen molar-refractivity contribution >= 4 is 28.9 Å². The quantitative estimate of drug-likeness (QED) is 0.798. The third-order valence-corrected chi connectivity index (χ3v) is 3.40. The summed E-state index contributed by atoms with van der Waals surface area (Å²) in [4.78, 5) is 18.2. The van der Waals surface area contributed by atoms with Gasteiger partial charge in [0.1, 0.15) is 5.52 Å². The number of aromatic nitrogens is 3. The summed E-state index contributed by atoms with van der Waals surface area (Å²) in [6.45, 7) is 4.82. The van der Waals surface area contributed by atoms with Crippen LogP contribution < -0.4 is 4.90 Å². The fourth-order valence-corrected chi connectivity index (χ4v) is 2.45. The number of hydrogen-bond acceptors (Lipinski definition) is 6. The summed E-state index contributed by atoms with van der Waals surface area (Å²) in [5.74, 6) is 0.320. The monoisotopic (exact) mass is 310 g/mol. The van der Waals surface area contributed by atoms with Crippen LogP contribution in [0.3, 0.4) is 0 Å². The molecule has 0 saturated carbocycles. The van der Waals surface area contributed by atoms with Crippen molar-refractivity contribution in [3.05, 3.63) is 23.1 Å². The Bertz CT molecular complexity index is 667. The molecule has 0 amide bonds. The Morgan fingerprint density at radius 2 is 2.24 bits per heavy atom. The SMILES string of the molecule is CCOC(=O)c1cc2c(N3CCOCC3)nc(Cl)nn2c1. The van der Waals surface area contributed by atoms with Gasteiger partial charge in [0.25, 0.3) is 0 Å². The maximum absolute atomic E-state index is 11.8.